The molecule has 0 amide bonds. The largest absolute Gasteiger partial charge is 0.473 e. The van der Waals surface area contributed by atoms with Crippen LogP contribution in [0.2, 0.25) is 0 Å². The maximum absolute atomic E-state index is 9.61. The summed E-state index contributed by atoms with van der Waals surface area (Å²) in [5, 5.41) is 9.61. The van der Waals surface area contributed by atoms with Gasteiger partial charge in [0, 0.05) is 11.6 Å². The van der Waals surface area contributed by atoms with E-state index in [0.717, 1.165) is 33.4 Å². The molecule has 0 radical (unpaired) electrons. The van der Waals surface area contributed by atoms with Crippen LogP contribution in [0.25, 0.3) is 11.1 Å². The van der Waals surface area contributed by atoms with E-state index in [0.29, 0.717) is 25.0 Å². The van der Waals surface area contributed by atoms with Crippen LogP contribution in [0.5, 0.6) is 11.8 Å². The maximum Gasteiger partial charge on any atom is 0.225 e. The lowest BCUT2D eigenvalue weighted by atomic mass is 10.0. The molecule has 0 aliphatic heterocycles. The van der Waals surface area contributed by atoms with Crippen molar-refractivity contribution in [3.8, 4) is 22.9 Å². The van der Waals surface area contributed by atoms with Crippen molar-refractivity contribution in [3.63, 3.8) is 0 Å². The van der Waals surface area contributed by atoms with Crippen molar-refractivity contribution < 1.29 is 14.6 Å². The number of aliphatic hydroxyl groups excluding tert-OH is 1. The Labute approximate surface area is 182 Å². The SMILES string of the molecule is Cc1cc(CO)cc(-c2ccc(OCc3ccccc3)nc2OCc2ccccc2)c1. The Hall–Kier alpha value is -3.63. The minimum atomic E-state index is -0.0133. The summed E-state index contributed by atoms with van der Waals surface area (Å²) in [6, 6.07) is 29.8. The fraction of sp³-hybridized carbons (Fsp3) is 0.148. The van der Waals surface area contributed by atoms with Gasteiger partial charge in [0.2, 0.25) is 11.8 Å². The zero-order valence-corrected chi connectivity index (χ0v) is 17.5. The fourth-order valence-electron chi connectivity index (χ4n) is 3.40. The summed E-state index contributed by atoms with van der Waals surface area (Å²) in [5.74, 6) is 1.01. The number of hydrogen-bond acceptors (Lipinski definition) is 4. The number of aromatic nitrogens is 1. The van der Waals surface area contributed by atoms with Gasteiger partial charge in [-0.15, -0.1) is 0 Å². The number of ether oxygens (including phenoxy) is 2. The summed E-state index contributed by atoms with van der Waals surface area (Å²) in [6.45, 7) is 2.84. The van der Waals surface area contributed by atoms with Crippen molar-refractivity contribution in [3.05, 3.63) is 113 Å². The van der Waals surface area contributed by atoms with E-state index in [9.17, 15) is 5.11 Å². The number of rotatable bonds is 8. The molecule has 0 spiro atoms. The van der Waals surface area contributed by atoms with Crippen molar-refractivity contribution in [1.29, 1.82) is 0 Å². The molecule has 4 rings (SSSR count). The summed E-state index contributed by atoms with van der Waals surface area (Å²) in [4.78, 5) is 4.66. The average Bonchev–Trinajstić information content (AvgIpc) is 2.82. The van der Waals surface area contributed by atoms with E-state index in [-0.39, 0.29) is 6.61 Å². The van der Waals surface area contributed by atoms with Gasteiger partial charge in [-0.1, -0.05) is 78.4 Å². The molecule has 0 fully saturated rings. The third-order valence-electron chi connectivity index (χ3n) is 4.91. The molecule has 31 heavy (non-hydrogen) atoms. The molecule has 1 aromatic heterocycles. The van der Waals surface area contributed by atoms with Crippen LogP contribution in [0.1, 0.15) is 22.3 Å². The van der Waals surface area contributed by atoms with Crippen molar-refractivity contribution in [1.82, 2.24) is 4.98 Å². The first-order valence-electron chi connectivity index (χ1n) is 10.3. The van der Waals surface area contributed by atoms with Gasteiger partial charge in [-0.05, 0) is 41.3 Å². The quantitative estimate of drug-likeness (QED) is 0.404. The first-order chi connectivity index (χ1) is 15.2. The first kappa shape index (κ1) is 20.6. The smallest absolute Gasteiger partial charge is 0.225 e. The normalized spacial score (nSPS) is 10.6. The van der Waals surface area contributed by atoms with E-state index in [4.69, 9.17) is 9.47 Å². The third kappa shape index (κ3) is 5.50. The van der Waals surface area contributed by atoms with Gasteiger partial charge < -0.3 is 14.6 Å². The molecule has 0 aliphatic carbocycles. The summed E-state index contributed by atoms with van der Waals surface area (Å²) in [6.07, 6.45) is 0. The molecular formula is C27H25NO3. The summed E-state index contributed by atoms with van der Waals surface area (Å²) >= 11 is 0. The fourth-order valence-corrected chi connectivity index (χ4v) is 3.40. The van der Waals surface area contributed by atoms with E-state index >= 15 is 0 Å². The van der Waals surface area contributed by atoms with E-state index in [1.54, 1.807) is 0 Å². The van der Waals surface area contributed by atoms with Crippen LogP contribution < -0.4 is 9.47 Å². The van der Waals surface area contributed by atoms with E-state index in [1.165, 1.54) is 0 Å². The monoisotopic (exact) mass is 411 g/mol. The standard InChI is InChI=1S/C27H25NO3/c1-20-14-23(17-29)16-24(15-20)25-12-13-26(30-18-21-8-4-2-5-9-21)28-27(25)31-19-22-10-6-3-7-11-22/h2-16,29H,17-19H2,1H3. The lowest BCUT2D eigenvalue weighted by molar-refractivity contribution is 0.268. The molecule has 0 saturated heterocycles. The molecule has 4 aromatic rings. The van der Waals surface area contributed by atoms with Crippen molar-refractivity contribution in [2.75, 3.05) is 0 Å². The Morgan fingerprint density at radius 3 is 2.00 bits per heavy atom. The summed E-state index contributed by atoms with van der Waals surface area (Å²) in [5.41, 5.74) is 5.88. The topological polar surface area (TPSA) is 51.6 Å². The van der Waals surface area contributed by atoms with E-state index in [1.807, 2.05) is 91.9 Å². The van der Waals surface area contributed by atoms with Crippen LogP contribution >= 0.6 is 0 Å². The molecule has 156 valence electrons. The van der Waals surface area contributed by atoms with Crippen LogP contribution in [0.3, 0.4) is 0 Å². The second-order valence-electron chi connectivity index (χ2n) is 7.42. The van der Waals surface area contributed by atoms with E-state index < -0.39 is 0 Å². The Kier molecular flexibility index (Phi) is 6.60. The van der Waals surface area contributed by atoms with Gasteiger partial charge in [0.1, 0.15) is 13.2 Å². The number of hydrogen-bond donors (Lipinski definition) is 1. The second kappa shape index (κ2) is 9.92. The molecule has 3 aromatic carbocycles. The predicted molar refractivity (Wildman–Crippen MR) is 122 cm³/mol. The van der Waals surface area contributed by atoms with Gasteiger partial charge >= 0.3 is 0 Å². The highest BCUT2D eigenvalue weighted by molar-refractivity contribution is 5.70. The van der Waals surface area contributed by atoms with Gasteiger partial charge in [0.15, 0.2) is 0 Å². The summed E-state index contributed by atoms with van der Waals surface area (Å²) in [7, 11) is 0. The van der Waals surface area contributed by atoms with Crippen molar-refractivity contribution >= 4 is 0 Å². The highest BCUT2D eigenvalue weighted by Crippen LogP contribution is 2.32. The second-order valence-corrected chi connectivity index (χ2v) is 7.42. The lowest BCUT2D eigenvalue weighted by Crippen LogP contribution is -2.02. The molecule has 4 nitrogen and oxygen atoms in total. The number of pyridine rings is 1. The maximum atomic E-state index is 9.61. The Morgan fingerprint density at radius 2 is 1.35 bits per heavy atom. The zero-order chi connectivity index (χ0) is 21.5. The van der Waals surface area contributed by atoms with Crippen LogP contribution in [0.4, 0.5) is 0 Å². The molecule has 0 bridgehead atoms. The minimum Gasteiger partial charge on any atom is -0.473 e. The molecular weight excluding hydrogens is 386 g/mol. The Morgan fingerprint density at radius 1 is 0.710 bits per heavy atom. The van der Waals surface area contributed by atoms with Crippen molar-refractivity contribution in [2.45, 2.75) is 26.7 Å². The molecule has 0 unspecified atom stereocenters. The molecule has 4 heteroatoms. The molecule has 0 saturated carbocycles. The number of nitrogens with zero attached hydrogens (tertiary/aromatic N) is 1. The van der Waals surface area contributed by atoms with Crippen LogP contribution in [-0.2, 0) is 19.8 Å². The summed E-state index contributed by atoms with van der Waals surface area (Å²) < 4.78 is 12.0. The van der Waals surface area contributed by atoms with Crippen LogP contribution in [-0.4, -0.2) is 10.1 Å². The zero-order valence-electron chi connectivity index (χ0n) is 17.5. The van der Waals surface area contributed by atoms with Crippen LogP contribution in [0.15, 0.2) is 91.0 Å². The molecule has 0 aliphatic rings. The van der Waals surface area contributed by atoms with E-state index in [2.05, 4.69) is 11.1 Å². The van der Waals surface area contributed by atoms with Crippen LogP contribution in [0, 0.1) is 6.92 Å². The first-order valence-corrected chi connectivity index (χ1v) is 10.3. The van der Waals surface area contributed by atoms with Gasteiger partial charge in [-0.3, -0.25) is 0 Å². The molecule has 0 atom stereocenters. The van der Waals surface area contributed by atoms with Gasteiger partial charge in [-0.2, -0.15) is 4.98 Å². The molecule has 1 heterocycles. The molecule has 1 N–H and O–H groups in total. The number of aliphatic hydroxyl groups is 1. The number of aryl methyl sites for hydroxylation is 1. The van der Waals surface area contributed by atoms with Gasteiger partial charge in [-0.25, -0.2) is 0 Å². The Balaban J connectivity index is 1.63. The lowest BCUT2D eigenvalue weighted by Gasteiger charge is -2.14. The highest BCUT2D eigenvalue weighted by Gasteiger charge is 2.12. The highest BCUT2D eigenvalue weighted by atomic mass is 16.5. The van der Waals surface area contributed by atoms with Gasteiger partial charge in [0.05, 0.1) is 6.61 Å². The minimum absolute atomic E-state index is 0.0133. The Bertz CT molecular complexity index is 1130. The van der Waals surface area contributed by atoms with Crippen molar-refractivity contribution in [2.24, 2.45) is 0 Å². The third-order valence-corrected chi connectivity index (χ3v) is 4.91. The van der Waals surface area contributed by atoms with Gasteiger partial charge in [0.25, 0.3) is 0 Å². The average molecular weight is 412 g/mol. The number of benzene rings is 3. The predicted octanol–water partition coefficient (Wildman–Crippen LogP) is 5.71.